The van der Waals surface area contributed by atoms with Gasteiger partial charge in [0.05, 0.1) is 0 Å². The molecule has 0 aromatic heterocycles. The minimum Gasteiger partial charge on any atom is -0.672 e. The van der Waals surface area contributed by atoms with Crippen LogP contribution < -0.4 is 0 Å². The van der Waals surface area contributed by atoms with E-state index >= 15 is 0 Å². The maximum atomic E-state index is 7.83. The normalized spacial score (nSPS) is 12.5. The van der Waals surface area contributed by atoms with Gasteiger partial charge in [-0.3, -0.25) is 0 Å². The molecule has 0 aliphatic heterocycles. The summed E-state index contributed by atoms with van der Waals surface area (Å²) >= 11 is 0. The van der Waals surface area contributed by atoms with Crippen molar-refractivity contribution in [1.82, 2.24) is 0 Å². The Morgan fingerprint density at radius 1 is 1.10 bits per heavy atom. The average Bonchev–Trinajstić information content (AvgIpc) is 2.72. The third-order valence-electron chi connectivity index (χ3n) is 2.92. The molecule has 1 N–H and O–H groups in total. The van der Waals surface area contributed by atoms with Crippen molar-refractivity contribution >= 4 is 8.80 Å². The van der Waals surface area contributed by atoms with Gasteiger partial charge in [0.2, 0.25) is 0 Å². The summed E-state index contributed by atoms with van der Waals surface area (Å²) in [4.78, 5) is 0. The topological polar surface area (TPSA) is 23.8 Å². The zero-order valence-electron chi connectivity index (χ0n) is 14.9. The van der Waals surface area contributed by atoms with Gasteiger partial charge in [0, 0.05) is 0 Å². The molecule has 1 nitrogen and oxygen atoms in total. The van der Waals surface area contributed by atoms with E-state index in [4.69, 9.17) is 5.73 Å². The second kappa shape index (κ2) is 14.2. The molecule has 0 saturated heterocycles. The summed E-state index contributed by atoms with van der Waals surface area (Å²) in [5.74, 6) is 0. The van der Waals surface area contributed by atoms with Crippen LogP contribution in [0.5, 0.6) is 0 Å². The first-order valence-corrected chi connectivity index (χ1v) is 9.92. The summed E-state index contributed by atoms with van der Waals surface area (Å²) in [6.07, 6.45) is 0.927. The van der Waals surface area contributed by atoms with E-state index in [-0.39, 0.29) is 48.9 Å². The van der Waals surface area contributed by atoms with Crippen molar-refractivity contribution in [3.05, 3.63) is 50.0 Å². The van der Waals surface area contributed by atoms with Crippen molar-refractivity contribution < 1.29 is 21.7 Å². The maximum Gasteiger partial charge on any atom is 4.00 e. The molecule has 1 aromatic carbocycles. The minimum atomic E-state index is -0.389. The zero-order valence-corrected chi connectivity index (χ0v) is 17.6. The molecule has 116 valence electrons. The molecule has 1 aromatic rings. The summed E-state index contributed by atoms with van der Waals surface area (Å²) in [6.45, 7) is 18.6. The van der Waals surface area contributed by atoms with Gasteiger partial charge >= 0.3 is 21.7 Å². The Morgan fingerprint density at radius 2 is 1.40 bits per heavy atom. The van der Waals surface area contributed by atoms with Gasteiger partial charge in [-0.05, 0) is 0 Å². The van der Waals surface area contributed by atoms with Crippen molar-refractivity contribution in [1.29, 1.82) is 0 Å². The van der Waals surface area contributed by atoms with Gasteiger partial charge in [0.25, 0.3) is 0 Å². The molecular formula is C17H35NSiTi. The van der Waals surface area contributed by atoms with Crippen molar-refractivity contribution in [2.75, 3.05) is 0 Å². The van der Waals surface area contributed by atoms with Gasteiger partial charge in [0.15, 0.2) is 0 Å². The fourth-order valence-corrected chi connectivity index (χ4v) is 0.851. The van der Waals surface area contributed by atoms with Crippen LogP contribution in [0.2, 0.25) is 13.1 Å². The Hall–Kier alpha value is 0.241. The maximum absolute atomic E-state index is 7.83. The van der Waals surface area contributed by atoms with E-state index in [1.165, 1.54) is 0 Å². The van der Waals surface area contributed by atoms with E-state index in [1.54, 1.807) is 0 Å². The molecule has 0 aliphatic carbocycles. The van der Waals surface area contributed by atoms with Gasteiger partial charge < -0.3 is 19.7 Å². The van der Waals surface area contributed by atoms with Crippen molar-refractivity contribution in [3.8, 4) is 0 Å². The van der Waals surface area contributed by atoms with Gasteiger partial charge in [0.1, 0.15) is 0 Å². The van der Waals surface area contributed by atoms with Gasteiger partial charge in [-0.1, -0.05) is 59.5 Å². The summed E-state index contributed by atoms with van der Waals surface area (Å²) < 4.78 is 0. The smallest absolute Gasteiger partial charge is 0.672 e. The molecule has 1 rings (SSSR count). The Morgan fingerprint density at radius 3 is 1.45 bits per heavy atom. The molecule has 20 heavy (non-hydrogen) atoms. The van der Waals surface area contributed by atoms with E-state index < -0.39 is 0 Å². The van der Waals surface area contributed by atoms with E-state index in [9.17, 15) is 0 Å². The molecule has 0 heterocycles. The number of nitrogens with one attached hydrogen (secondary N) is 1. The van der Waals surface area contributed by atoms with E-state index in [2.05, 4.69) is 47.3 Å². The molecule has 0 amide bonds. The monoisotopic (exact) mass is 329 g/mol. The van der Waals surface area contributed by atoms with Gasteiger partial charge in [-0.2, -0.15) is 18.2 Å². The minimum absolute atomic E-state index is 0. The molecule has 0 spiro atoms. The first kappa shape index (κ1) is 28.4. The van der Waals surface area contributed by atoms with E-state index in [1.807, 2.05) is 37.3 Å². The molecule has 1 unspecified atom stereocenters. The fourth-order valence-electron chi connectivity index (χ4n) is 0.851. The van der Waals surface area contributed by atoms with Crippen LogP contribution in [0.15, 0.2) is 30.3 Å². The Labute approximate surface area is 145 Å². The predicted octanol–water partition coefficient (Wildman–Crippen LogP) is 5.95. The zero-order chi connectivity index (χ0) is 14.8. The Bertz CT molecular complexity index is 241. The standard InChI is InChI=1S/C8H18N.C5H5.C3H9Si.CH3.Ti/c1-6-8(5,9)7(2,3)4;1-2-4-5-3-1;1-4(2)3;;/h9H,6H2,1-5H3;1-5H;4H,1H2,2-3H3;1H3;/q4*-1;+4. The molecule has 3 heteroatoms. The average molecular weight is 329 g/mol. The van der Waals surface area contributed by atoms with Crippen molar-refractivity contribution in [2.45, 2.75) is 59.7 Å². The Balaban J connectivity index is -0.0000000998. The van der Waals surface area contributed by atoms with Crippen LogP contribution in [0.3, 0.4) is 0 Å². The van der Waals surface area contributed by atoms with Crippen LogP contribution >= 0.6 is 0 Å². The second-order valence-electron chi connectivity index (χ2n) is 6.29. The largest absolute Gasteiger partial charge is 4.00 e. The molecule has 0 fully saturated rings. The van der Waals surface area contributed by atoms with Crippen molar-refractivity contribution in [2.24, 2.45) is 5.41 Å². The van der Waals surface area contributed by atoms with Crippen LogP contribution in [0.4, 0.5) is 0 Å². The summed E-state index contributed by atoms with van der Waals surface area (Å²) in [5, 5.41) is 0. The fraction of sp³-hybridized carbons (Fsp3) is 0.588. The molecular weight excluding hydrogens is 294 g/mol. The molecule has 0 radical (unpaired) electrons. The molecule has 0 bridgehead atoms. The first-order chi connectivity index (χ1) is 8.04. The van der Waals surface area contributed by atoms with Crippen LogP contribution in [-0.4, -0.2) is 14.3 Å². The molecule has 1 atom stereocenters. The van der Waals surface area contributed by atoms with Crippen LogP contribution in [-0.2, 0) is 21.7 Å². The third-order valence-corrected chi connectivity index (χ3v) is 2.92. The SMILES string of the molecule is CCC(C)([NH-])C(C)(C)C.[CH2-][SiH](C)C.[CH3-].[Ti+4].c1cc[cH-]c1. The van der Waals surface area contributed by atoms with Crippen molar-refractivity contribution in [3.63, 3.8) is 0 Å². The van der Waals surface area contributed by atoms with E-state index in [0.29, 0.717) is 0 Å². The Kier molecular flexibility index (Phi) is 20.2. The molecule has 0 aliphatic rings. The number of rotatable bonds is 1. The summed E-state index contributed by atoms with van der Waals surface area (Å²) in [6, 6.07) is 10.0. The summed E-state index contributed by atoms with van der Waals surface area (Å²) in [5.41, 5.74) is 7.67. The van der Waals surface area contributed by atoms with Gasteiger partial charge in [-0.15, -0.1) is 14.3 Å². The third kappa shape index (κ3) is 18.2. The first-order valence-electron chi connectivity index (χ1n) is 6.79. The number of hydrogen-bond donors (Lipinski definition) is 0. The molecule has 0 saturated carbocycles. The number of hydrogen-bond acceptors (Lipinski definition) is 0. The summed E-state index contributed by atoms with van der Waals surface area (Å²) in [7, 11) is -0.389. The quantitative estimate of drug-likeness (QED) is 0.449. The predicted molar refractivity (Wildman–Crippen MR) is 95.2 cm³/mol. The second-order valence-corrected chi connectivity index (χ2v) is 9.08. The van der Waals surface area contributed by atoms with E-state index in [0.717, 1.165) is 6.42 Å². The van der Waals surface area contributed by atoms with Gasteiger partial charge in [-0.25, -0.2) is 12.1 Å². The van der Waals surface area contributed by atoms with Crippen LogP contribution in [0.1, 0.15) is 41.0 Å². The van der Waals surface area contributed by atoms with Crippen LogP contribution in [0, 0.1) is 19.4 Å². The van der Waals surface area contributed by atoms with Crippen LogP contribution in [0.25, 0.3) is 5.73 Å².